The van der Waals surface area contributed by atoms with Gasteiger partial charge in [-0.15, -0.1) is 0 Å². The molecule has 0 spiro atoms. The van der Waals surface area contributed by atoms with Crippen LogP contribution in [0.3, 0.4) is 0 Å². The predicted molar refractivity (Wildman–Crippen MR) is 125 cm³/mol. The van der Waals surface area contributed by atoms with Crippen molar-refractivity contribution >= 4 is 11.9 Å². The molecule has 3 aromatic carbocycles. The number of rotatable bonds is 6. The first-order valence-electron chi connectivity index (χ1n) is 11.3. The lowest BCUT2D eigenvalue weighted by Gasteiger charge is -2.22. The van der Waals surface area contributed by atoms with E-state index >= 15 is 0 Å². The van der Waals surface area contributed by atoms with E-state index in [-0.39, 0.29) is 31.5 Å². The largest absolute Gasteiger partial charge is 0.492 e. The number of Topliss-reactive ketones (excluding diaryl/α,β-unsaturated/α-hetero) is 1. The number of hydrogen-bond acceptors (Lipinski definition) is 6. The second kappa shape index (κ2) is 9.29. The molecule has 1 aliphatic heterocycles. The van der Waals surface area contributed by atoms with Crippen LogP contribution in [-0.4, -0.2) is 48.0 Å². The Balaban J connectivity index is 1.17. The third kappa shape index (κ3) is 4.16. The Morgan fingerprint density at radius 2 is 1.68 bits per heavy atom. The molecule has 7 heteroatoms. The summed E-state index contributed by atoms with van der Waals surface area (Å²) < 4.78 is 11.0. The Labute approximate surface area is 197 Å². The van der Waals surface area contributed by atoms with Gasteiger partial charge >= 0.3 is 6.09 Å². The Morgan fingerprint density at radius 3 is 2.38 bits per heavy atom. The minimum absolute atomic E-state index is 0.0141. The number of aliphatic hydroxyl groups excluding tert-OH is 2. The molecular weight excluding hydrogens is 434 g/mol. The fourth-order valence-corrected chi connectivity index (χ4v) is 4.63. The number of alkyl carbamates (subject to hydrolysis) is 1. The summed E-state index contributed by atoms with van der Waals surface area (Å²) in [6.45, 7) is 0.251. The molecule has 1 aliphatic carbocycles. The summed E-state index contributed by atoms with van der Waals surface area (Å²) >= 11 is 0. The highest BCUT2D eigenvalue weighted by molar-refractivity contribution is 5.99. The minimum Gasteiger partial charge on any atom is -0.492 e. The number of benzene rings is 3. The van der Waals surface area contributed by atoms with Crippen LogP contribution in [0.5, 0.6) is 5.75 Å². The van der Waals surface area contributed by atoms with Gasteiger partial charge < -0.3 is 25.0 Å². The minimum atomic E-state index is -1.27. The quantitative estimate of drug-likeness (QED) is 0.520. The Kier molecular flexibility index (Phi) is 6.04. The van der Waals surface area contributed by atoms with Crippen molar-refractivity contribution in [1.82, 2.24) is 5.32 Å². The maximum Gasteiger partial charge on any atom is 0.407 e. The monoisotopic (exact) mass is 459 g/mol. The Hall–Kier alpha value is -3.68. The van der Waals surface area contributed by atoms with Crippen molar-refractivity contribution in [3.63, 3.8) is 0 Å². The second-order valence-corrected chi connectivity index (χ2v) is 8.50. The summed E-state index contributed by atoms with van der Waals surface area (Å²) in [5.41, 5.74) is 5.37. The first-order valence-corrected chi connectivity index (χ1v) is 11.3. The van der Waals surface area contributed by atoms with Crippen LogP contribution in [0.1, 0.15) is 45.5 Å². The van der Waals surface area contributed by atoms with Gasteiger partial charge in [-0.3, -0.25) is 4.79 Å². The summed E-state index contributed by atoms with van der Waals surface area (Å²) in [5.74, 6) is 0.316. The van der Waals surface area contributed by atoms with Crippen LogP contribution >= 0.6 is 0 Å². The molecular formula is C27H25NO6. The molecule has 0 aromatic heterocycles. The number of carbonyl (C=O) groups is 2. The van der Waals surface area contributed by atoms with E-state index in [1.165, 1.54) is 0 Å². The summed E-state index contributed by atoms with van der Waals surface area (Å²) in [7, 11) is 0. The molecule has 3 N–H and O–H groups in total. The van der Waals surface area contributed by atoms with E-state index < -0.39 is 18.3 Å². The van der Waals surface area contributed by atoms with Gasteiger partial charge in [0.05, 0.1) is 12.2 Å². The SMILES string of the molecule is O=C(NCC(O)C(O)c1ccc2c(c1)OCCC2=O)OCC1c2ccccc2-c2ccccc21. The van der Waals surface area contributed by atoms with Gasteiger partial charge in [0.25, 0.3) is 0 Å². The molecule has 34 heavy (non-hydrogen) atoms. The normalized spacial score (nSPS) is 16.0. The number of ketones is 1. The maximum atomic E-state index is 12.3. The van der Waals surface area contributed by atoms with Crippen LogP contribution in [-0.2, 0) is 4.74 Å². The average molecular weight is 459 g/mol. The third-order valence-corrected chi connectivity index (χ3v) is 6.40. The van der Waals surface area contributed by atoms with Gasteiger partial charge in [-0.2, -0.15) is 0 Å². The summed E-state index contributed by atoms with van der Waals surface area (Å²) in [6, 6.07) is 20.8. The molecule has 0 saturated heterocycles. The van der Waals surface area contributed by atoms with Crippen LogP contribution in [0.25, 0.3) is 11.1 Å². The smallest absolute Gasteiger partial charge is 0.407 e. The zero-order valence-corrected chi connectivity index (χ0v) is 18.4. The van der Waals surface area contributed by atoms with Crippen molar-refractivity contribution in [3.8, 4) is 16.9 Å². The molecule has 5 rings (SSSR count). The summed E-state index contributed by atoms with van der Waals surface area (Å²) in [5, 5.41) is 23.4. The molecule has 174 valence electrons. The van der Waals surface area contributed by atoms with Gasteiger partial charge in [0.2, 0.25) is 0 Å². The van der Waals surface area contributed by atoms with E-state index in [2.05, 4.69) is 17.4 Å². The van der Waals surface area contributed by atoms with Crippen LogP contribution in [0.15, 0.2) is 66.7 Å². The lowest BCUT2D eigenvalue weighted by atomic mass is 9.98. The molecule has 0 saturated carbocycles. The zero-order valence-electron chi connectivity index (χ0n) is 18.4. The second-order valence-electron chi connectivity index (χ2n) is 8.50. The maximum absolute atomic E-state index is 12.3. The fraction of sp³-hybridized carbons (Fsp3) is 0.259. The highest BCUT2D eigenvalue weighted by Crippen LogP contribution is 2.44. The lowest BCUT2D eigenvalue weighted by molar-refractivity contribution is 0.0184. The summed E-state index contributed by atoms with van der Waals surface area (Å²) in [4.78, 5) is 24.2. The number of ether oxygens (including phenoxy) is 2. The van der Waals surface area contributed by atoms with E-state index in [0.717, 1.165) is 22.3 Å². The van der Waals surface area contributed by atoms with Gasteiger partial charge in [-0.05, 0) is 39.9 Å². The molecule has 2 aliphatic rings. The van der Waals surface area contributed by atoms with Crippen molar-refractivity contribution in [2.45, 2.75) is 24.5 Å². The zero-order chi connectivity index (χ0) is 23.7. The number of aliphatic hydroxyl groups is 2. The first-order chi connectivity index (χ1) is 16.5. The lowest BCUT2D eigenvalue weighted by Crippen LogP contribution is -2.36. The van der Waals surface area contributed by atoms with E-state index in [1.807, 2.05) is 36.4 Å². The van der Waals surface area contributed by atoms with Gasteiger partial charge in [-0.25, -0.2) is 4.79 Å². The number of carbonyl (C=O) groups excluding carboxylic acids is 2. The van der Waals surface area contributed by atoms with Gasteiger partial charge in [0.15, 0.2) is 5.78 Å². The van der Waals surface area contributed by atoms with Crippen molar-refractivity contribution < 1.29 is 29.3 Å². The van der Waals surface area contributed by atoms with Gasteiger partial charge in [-0.1, -0.05) is 54.6 Å². The van der Waals surface area contributed by atoms with Gasteiger partial charge in [0.1, 0.15) is 24.6 Å². The molecule has 0 fully saturated rings. The third-order valence-electron chi connectivity index (χ3n) is 6.40. The molecule has 2 atom stereocenters. The number of nitrogens with one attached hydrogen (secondary N) is 1. The number of hydrogen-bond donors (Lipinski definition) is 3. The fourth-order valence-electron chi connectivity index (χ4n) is 4.63. The van der Waals surface area contributed by atoms with Crippen LogP contribution in [0.4, 0.5) is 4.79 Å². The molecule has 1 amide bonds. The highest BCUT2D eigenvalue weighted by atomic mass is 16.5. The molecule has 3 aromatic rings. The molecule has 7 nitrogen and oxygen atoms in total. The Morgan fingerprint density at radius 1 is 1.00 bits per heavy atom. The number of fused-ring (bicyclic) bond motifs is 4. The number of amides is 1. The van der Waals surface area contributed by atoms with Crippen LogP contribution < -0.4 is 10.1 Å². The van der Waals surface area contributed by atoms with Crippen molar-refractivity contribution in [3.05, 3.63) is 89.0 Å². The van der Waals surface area contributed by atoms with Crippen LogP contribution in [0.2, 0.25) is 0 Å². The Bertz CT molecular complexity index is 1190. The van der Waals surface area contributed by atoms with Crippen molar-refractivity contribution in [1.29, 1.82) is 0 Å². The molecule has 1 heterocycles. The highest BCUT2D eigenvalue weighted by Gasteiger charge is 2.29. The average Bonchev–Trinajstić information content (AvgIpc) is 3.19. The van der Waals surface area contributed by atoms with Crippen molar-refractivity contribution in [2.24, 2.45) is 0 Å². The standard InChI is InChI=1S/C27H25NO6/c29-23-11-12-33-25-13-16(9-10-21(23)25)26(31)24(30)14-28-27(32)34-15-22-19-7-3-1-5-17(19)18-6-2-4-8-20(18)22/h1-10,13,22,24,26,30-31H,11-12,14-15H2,(H,28,32). The van der Waals surface area contributed by atoms with E-state index in [1.54, 1.807) is 18.2 Å². The van der Waals surface area contributed by atoms with E-state index in [9.17, 15) is 19.8 Å². The first kappa shape index (κ1) is 22.1. The molecule has 2 unspecified atom stereocenters. The van der Waals surface area contributed by atoms with Gasteiger partial charge in [0, 0.05) is 18.9 Å². The van der Waals surface area contributed by atoms with E-state index in [0.29, 0.717) is 23.3 Å². The van der Waals surface area contributed by atoms with Crippen LogP contribution in [0, 0.1) is 0 Å². The summed E-state index contributed by atoms with van der Waals surface area (Å²) in [6.07, 6.45) is -2.88. The predicted octanol–water partition coefficient (Wildman–Crippen LogP) is 3.58. The topological polar surface area (TPSA) is 105 Å². The molecule has 0 bridgehead atoms. The van der Waals surface area contributed by atoms with E-state index in [4.69, 9.17) is 9.47 Å². The molecule has 0 radical (unpaired) electrons. The van der Waals surface area contributed by atoms with Crippen molar-refractivity contribution in [2.75, 3.05) is 19.8 Å².